The van der Waals surface area contributed by atoms with Crippen LogP contribution in [0.5, 0.6) is 11.5 Å². The molecular weight excluding hydrogens is 493 g/mol. The van der Waals surface area contributed by atoms with Gasteiger partial charge in [0.2, 0.25) is 5.95 Å². The van der Waals surface area contributed by atoms with Crippen LogP contribution in [-0.4, -0.2) is 26.8 Å². The van der Waals surface area contributed by atoms with Crippen molar-refractivity contribution in [2.24, 2.45) is 0 Å². The summed E-state index contributed by atoms with van der Waals surface area (Å²) in [5.74, 6) is 1.88. The van der Waals surface area contributed by atoms with Gasteiger partial charge in [0.15, 0.2) is 11.5 Å². The minimum absolute atomic E-state index is 0.290. The van der Waals surface area contributed by atoms with E-state index < -0.39 is 0 Å². The smallest absolute Gasteiger partial charge is 0.243 e. The molecule has 1 aromatic heterocycles. The Hall–Kier alpha value is -2.03. The number of nitrogens with zero attached hydrogens (tertiary/aromatic N) is 4. The summed E-state index contributed by atoms with van der Waals surface area (Å²) in [6.45, 7) is 6.09. The zero-order valence-electron chi connectivity index (χ0n) is 16.7. The van der Waals surface area contributed by atoms with Crippen LogP contribution >= 0.6 is 39.1 Å². The highest BCUT2D eigenvalue weighted by molar-refractivity contribution is 9.10. The largest absolute Gasteiger partial charge is 0.490 e. The minimum atomic E-state index is 0.290. The van der Waals surface area contributed by atoms with Crippen LogP contribution in [0.25, 0.3) is 0 Å². The Morgan fingerprint density at radius 1 is 1.13 bits per heavy atom. The Labute approximate surface area is 193 Å². The Morgan fingerprint density at radius 2 is 1.97 bits per heavy atom. The number of aryl methyl sites for hydroxylation is 1. The van der Waals surface area contributed by atoms with E-state index >= 15 is 0 Å². The minimum Gasteiger partial charge on any atom is -0.490 e. The number of nitrogens with one attached hydrogen (secondary N) is 1. The van der Waals surface area contributed by atoms with Gasteiger partial charge in [0, 0.05) is 28.7 Å². The van der Waals surface area contributed by atoms with Gasteiger partial charge in [-0.05, 0) is 69.5 Å². The second-order valence-electron chi connectivity index (χ2n) is 6.44. The first-order valence-electron chi connectivity index (χ1n) is 9.53. The molecule has 10 heteroatoms. The molecule has 0 amide bonds. The van der Waals surface area contributed by atoms with Gasteiger partial charge in [-0.1, -0.05) is 41.3 Å². The molecule has 0 spiro atoms. The van der Waals surface area contributed by atoms with Crippen LogP contribution in [0.15, 0.2) is 34.8 Å². The lowest BCUT2D eigenvalue weighted by atomic mass is 10.2. The van der Waals surface area contributed by atoms with Crippen molar-refractivity contribution < 1.29 is 9.47 Å². The Morgan fingerprint density at radius 3 is 2.70 bits per heavy atom. The molecule has 3 rings (SSSR count). The standard InChI is InChI=1S/C20H22BrCl2N5O2/c1-3-7-28-20(25-26-27-28)24-11-13-8-16(21)19(18(9-13)29-4-2)30-12-14-5-6-15(22)10-17(14)23/h5-6,8-10H,3-4,7,11-12H2,1-2H3,(H,24,25,27). The molecule has 0 bridgehead atoms. The van der Waals surface area contributed by atoms with E-state index in [1.54, 1.807) is 16.8 Å². The summed E-state index contributed by atoms with van der Waals surface area (Å²) in [5.41, 5.74) is 1.83. The predicted molar refractivity (Wildman–Crippen MR) is 122 cm³/mol. The molecular formula is C20H22BrCl2N5O2. The lowest BCUT2D eigenvalue weighted by Crippen LogP contribution is -2.09. The third-order valence-electron chi connectivity index (χ3n) is 4.17. The lowest BCUT2D eigenvalue weighted by molar-refractivity contribution is 0.267. The van der Waals surface area contributed by atoms with Crippen molar-refractivity contribution in [2.75, 3.05) is 11.9 Å². The topological polar surface area (TPSA) is 74.1 Å². The number of rotatable bonds is 10. The van der Waals surface area contributed by atoms with Gasteiger partial charge in [0.1, 0.15) is 6.61 Å². The fraction of sp³-hybridized carbons (Fsp3) is 0.350. The van der Waals surface area contributed by atoms with Crippen molar-refractivity contribution in [1.82, 2.24) is 20.2 Å². The predicted octanol–water partition coefficient (Wildman–Crippen LogP) is 5.74. The first-order chi connectivity index (χ1) is 14.5. The SMILES string of the molecule is CCCn1nnnc1NCc1cc(Br)c(OCc2ccc(Cl)cc2Cl)c(OCC)c1. The molecule has 1 N–H and O–H groups in total. The van der Waals surface area contributed by atoms with E-state index in [1.807, 2.05) is 25.1 Å². The average molecular weight is 515 g/mol. The molecule has 1 heterocycles. The van der Waals surface area contributed by atoms with Crippen molar-refractivity contribution in [3.05, 3.63) is 56.0 Å². The zero-order chi connectivity index (χ0) is 21.5. The Bertz CT molecular complexity index is 999. The van der Waals surface area contributed by atoms with Crippen molar-refractivity contribution in [3.63, 3.8) is 0 Å². The van der Waals surface area contributed by atoms with E-state index in [4.69, 9.17) is 32.7 Å². The monoisotopic (exact) mass is 513 g/mol. The fourth-order valence-electron chi connectivity index (χ4n) is 2.79. The van der Waals surface area contributed by atoms with Gasteiger partial charge in [0.25, 0.3) is 0 Å². The molecule has 7 nitrogen and oxygen atoms in total. The molecule has 0 atom stereocenters. The highest BCUT2D eigenvalue weighted by atomic mass is 79.9. The molecule has 0 radical (unpaired) electrons. The normalized spacial score (nSPS) is 10.8. The maximum absolute atomic E-state index is 6.25. The maximum atomic E-state index is 6.25. The van der Waals surface area contributed by atoms with Gasteiger partial charge in [-0.2, -0.15) is 0 Å². The Kier molecular flexibility index (Phi) is 8.18. The number of ether oxygens (including phenoxy) is 2. The van der Waals surface area contributed by atoms with E-state index in [0.29, 0.717) is 40.6 Å². The lowest BCUT2D eigenvalue weighted by Gasteiger charge is -2.16. The molecule has 0 aliphatic heterocycles. The molecule has 0 saturated heterocycles. The van der Waals surface area contributed by atoms with Gasteiger partial charge in [-0.25, -0.2) is 4.68 Å². The van der Waals surface area contributed by atoms with E-state index in [2.05, 4.69) is 43.7 Å². The first kappa shape index (κ1) is 22.7. The van der Waals surface area contributed by atoms with Crippen LogP contribution in [0.1, 0.15) is 31.4 Å². The molecule has 0 fully saturated rings. The fourth-order valence-corrected chi connectivity index (χ4v) is 3.86. The zero-order valence-corrected chi connectivity index (χ0v) is 19.8. The van der Waals surface area contributed by atoms with Gasteiger partial charge >= 0.3 is 0 Å². The van der Waals surface area contributed by atoms with Gasteiger partial charge < -0.3 is 14.8 Å². The summed E-state index contributed by atoms with van der Waals surface area (Å²) in [6, 6.07) is 9.24. The van der Waals surface area contributed by atoms with E-state index in [1.165, 1.54) is 0 Å². The summed E-state index contributed by atoms with van der Waals surface area (Å²) in [5, 5.41) is 16.1. The highest BCUT2D eigenvalue weighted by Gasteiger charge is 2.14. The van der Waals surface area contributed by atoms with Gasteiger partial charge in [-0.3, -0.25) is 0 Å². The van der Waals surface area contributed by atoms with Crippen LogP contribution < -0.4 is 14.8 Å². The van der Waals surface area contributed by atoms with Crippen molar-refractivity contribution in [1.29, 1.82) is 0 Å². The molecule has 0 unspecified atom stereocenters. The molecule has 0 saturated carbocycles. The quantitative estimate of drug-likeness (QED) is 0.371. The number of anilines is 1. The second-order valence-corrected chi connectivity index (χ2v) is 8.14. The molecule has 0 aliphatic rings. The molecule has 30 heavy (non-hydrogen) atoms. The molecule has 3 aromatic rings. The molecule has 160 valence electrons. The van der Waals surface area contributed by atoms with E-state index in [-0.39, 0.29) is 6.61 Å². The number of hydrogen-bond donors (Lipinski definition) is 1. The van der Waals surface area contributed by atoms with Crippen LogP contribution in [-0.2, 0) is 19.7 Å². The molecule has 2 aromatic carbocycles. The van der Waals surface area contributed by atoms with Crippen LogP contribution in [0.4, 0.5) is 5.95 Å². The summed E-state index contributed by atoms with van der Waals surface area (Å²) < 4.78 is 14.4. The van der Waals surface area contributed by atoms with E-state index in [9.17, 15) is 0 Å². The summed E-state index contributed by atoms with van der Waals surface area (Å²) in [6.07, 6.45) is 0.948. The van der Waals surface area contributed by atoms with Crippen LogP contribution in [0.2, 0.25) is 10.0 Å². The second kappa shape index (κ2) is 10.8. The van der Waals surface area contributed by atoms with Crippen molar-refractivity contribution >= 4 is 45.1 Å². The number of halogens is 3. The maximum Gasteiger partial charge on any atom is 0.243 e. The summed E-state index contributed by atoms with van der Waals surface area (Å²) >= 11 is 15.8. The molecule has 0 aliphatic carbocycles. The highest BCUT2D eigenvalue weighted by Crippen LogP contribution is 2.38. The first-order valence-corrected chi connectivity index (χ1v) is 11.1. The van der Waals surface area contributed by atoms with Crippen molar-refractivity contribution in [3.8, 4) is 11.5 Å². The Balaban J connectivity index is 1.75. The van der Waals surface area contributed by atoms with Gasteiger partial charge in [0.05, 0.1) is 11.1 Å². The number of tetrazole rings is 1. The summed E-state index contributed by atoms with van der Waals surface area (Å²) in [4.78, 5) is 0. The van der Waals surface area contributed by atoms with E-state index in [0.717, 1.165) is 28.6 Å². The summed E-state index contributed by atoms with van der Waals surface area (Å²) in [7, 11) is 0. The number of aromatic nitrogens is 4. The van der Waals surface area contributed by atoms with Crippen LogP contribution in [0.3, 0.4) is 0 Å². The third-order valence-corrected chi connectivity index (χ3v) is 5.35. The van der Waals surface area contributed by atoms with Gasteiger partial charge in [-0.15, -0.1) is 0 Å². The third kappa shape index (κ3) is 5.77. The van der Waals surface area contributed by atoms with Crippen LogP contribution in [0, 0.1) is 0 Å². The van der Waals surface area contributed by atoms with Crippen molar-refractivity contribution in [2.45, 2.75) is 40.0 Å². The number of hydrogen-bond acceptors (Lipinski definition) is 6. The number of benzene rings is 2. The average Bonchev–Trinajstić information content (AvgIpc) is 3.15.